The van der Waals surface area contributed by atoms with E-state index in [4.69, 9.17) is 33.5 Å². The predicted molar refractivity (Wildman–Crippen MR) is 89.1 cm³/mol. The van der Waals surface area contributed by atoms with Gasteiger partial charge >= 0.3 is 5.97 Å². The van der Waals surface area contributed by atoms with Crippen LogP contribution in [0.3, 0.4) is 0 Å². The van der Waals surface area contributed by atoms with Gasteiger partial charge in [0, 0.05) is 14.2 Å². The number of methoxy groups -OCH3 is 2. The van der Waals surface area contributed by atoms with E-state index >= 15 is 0 Å². The molecule has 0 fully saturated rings. The molecule has 0 heterocycles. The minimum Gasteiger partial charge on any atom is -0.481 e. The van der Waals surface area contributed by atoms with E-state index in [1.54, 1.807) is 14.2 Å². The second-order valence-corrected chi connectivity index (χ2v) is 4.98. The molecule has 0 aliphatic carbocycles. The highest BCUT2D eigenvalue weighted by Crippen LogP contribution is 2.33. The highest BCUT2D eigenvalue weighted by atomic mass is 16.7. The molecule has 26 heavy (non-hydrogen) atoms. The molecule has 144 valence electrons. The summed E-state index contributed by atoms with van der Waals surface area (Å²) in [6.07, 6.45) is -0.250. The lowest BCUT2D eigenvalue weighted by atomic mass is 10.1. The molecule has 0 radical (unpaired) electrons. The highest BCUT2D eigenvalue weighted by molar-refractivity contribution is 5.71. The molecular formula is C17H23NO8. The largest absolute Gasteiger partial charge is 0.481 e. The molecular weight excluding hydrogens is 346 g/mol. The Morgan fingerprint density at radius 2 is 1.65 bits per heavy atom. The van der Waals surface area contributed by atoms with E-state index in [-0.39, 0.29) is 37.1 Å². The Morgan fingerprint density at radius 1 is 1.04 bits per heavy atom. The first-order valence-corrected chi connectivity index (χ1v) is 7.80. The van der Waals surface area contributed by atoms with Crippen molar-refractivity contribution in [2.75, 3.05) is 54.2 Å². The predicted octanol–water partition coefficient (Wildman–Crippen LogP) is 1.18. The van der Waals surface area contributed by atoms with Crippen LogP contribution in [-0.2, 0) is 30.2 Å². The van der Waals surface area contributed by atoms with E-state index in [2.05, 4.69) is 0 Å². The quantitative estimate of drug-likeness (QED) is 0.381. The van der Waals surface area contributed by atoms with Gasteiger partial charge in [-0.05, 0) is 17.7 Å². The first kappa shape index (κ1) is 21.7. The van der Waals surface area contributed by atoms with Crippen LogP contribution in [0.2, 0.25) is 0 Å². The fourth-order valence-corrected chi connectivity index (χ4v) is 1.88. The molecule has 0 bridgehead atoms. The first-order valence-electron chi connectivity index (χ1n) is 7.80. The number of carboxylic acids is 1. The summed E-state index contributed by atoms with van der Waals surface area (Å²) in [5.74, 6) is -0.657. The molecule has 0 atom stereocenters. The minimum absolute atomic E-state index is 0.106. The molecule has 0 amide bonds. The molecule has 1 aromatic rings. The second-order valence-electron chi connectivity index (χ2n) is 4.98. The number of benzene rings is 1. The average Bonchev–Trinajstić information content (AvgIpc) is 2.61. The van der Waals surface area contributed by atoms with Crippen LogP contribution >= 0.6 is 0 Å². The third kappa shape index (κ3) is 8.13. The van der Waals surface area contributed by atoms with Gasteiger partial charge in [0.05, 0.1) is 38.4 Å². The van der Waals surface area contributed by atoms with Gasteiger partial charge in [-0.2, -0.15) is 5.26 Å². The molecule has 1 aromatic carbocycles. The lowest BCUT2D eigenvalue weighted by Gasteiger charge is -2.15. The van der Waals surface area contributed by atoms with Crippen LogP contribution in [0.15, 0.2) is 12.1 Å². The van der Waals surface area contributed by atoms with Gasteiger partial charge in [0.2, 0.25) is 0 Å². The molecule has 0 aliphatic heterocycles. The number of ether oxygens (including phenoxy) is 6. The number of hydrogen-bond acceptors (Lipinski definition) is 8. The van der Waals surface area contributed by atoms with Crippen LogP contribution in [0.4, 0.5) is 0 Å². The maximum atomic E-state index is 10.9. The maximum absolute atomic E-state index is 10.9. The maximum Gasteiger partial charge on any atom is 0.307 e. The highest BCUT2D eigenvalue weighted by Gasteiger charge is 2.16. The Morgan fingerprint density at radius 3 is 2.19 bits per heavy atom. The van der Waals surface area contributed by atoms with Crippen molar-refractivity contribution >= 4 is 5.97 Å². The number of aliphatic carboxylic acids is 1. The number of nitrogens with zero attached hydrogens (tertiary/aromatic N) is 1. The standard InChI is InChI=1S/C17H23NO8/c1-21-3-5-23-11-25-15-8-13(9-16(19)20)7-14(10-18)17(15)26-12-24-6-4-22-2/h7-8H,3-6,9,11-12H2,1-2H3,(H,19,20). The van der Waals surface area contributed by atoms with Gasteiger partial charge in [-0.3, -0.25) is 4.79 Å². The number of hydrogen-bond donors (Lipinski definition) is 1. The first-order chi connectivity index (χ1) is 12.6. The normalized spacial score (nSPS) is 10.3. The van der Waals surface area contributed by atoms with Gasteiger partial charge in [-0.1, -0.05) is 0 Å². The van der Waals surface area contributed by atoms with E-state index < -0.39 is 5.97 Å². The summed E-state index contributed by atoms with van der Waals surface area (Å²) in [7, 11) is 3.10. The molecule has 1 N–H and O–H groups in total. The van der Waals surface area contributed by atoms with Gasteiger partial charge < -0.3 is 33.5 Å². The fraction of sp³-hybridized carbons (Fsp3) is 0.529. The third-order valence-corrected chi connectivity index (χ3v) is 3.04. The summed E-state index contributed by atoms with van der Waals surface area (Å²) < 4.78 is 31.2. The average molecular weight is 369 g/mol. The molecule has 0 aromatic heterocycles. The molecule has 0 saturated heterocycles. The number of carboxylic acid groups (broad SMARTS) is 1. The summed E-state index contributed by atoms with van der Waals surface area (Å²) in [5, 5.41) is 18.3. The smallest absolute Gasteiger partial charge is 0.307 e. The summed E-state index contributed by atoms with van der Waals surface area (Å²) in [4.78, 5) is 10.9. The Bertz CT molecular complexity index is 599. The van der Waals surface area contributed by atoms with Crippen molar-refractivity contribution in [2.45, 2.75) is 6.42 Å². The van der Waals surface area contributed by atoms with E-state index in [9.17, 15) is 10.1 Å². The summed E-state index contributed by atoms with van der Waals surface area (Å²) in [6, 6.07) is 4.91. The zero-order valence-electron chi connectivity index (χ0n) is 14.9. The Hall–Kier alpha value is -2.38. The van der Waals surface area contributed by atoms with Crippen LogP contribution in [-0.4, -0.2) is 65.3 Å². The zero-order valence-corrected chi connectivity index (χ0v) is 14.9. The minimum atomic E-state index is -1.02. The number of rotatable bonds is 14. The SMILES string of the molecule is COCCOCOc1cc(CC(=O)O)cc(C#N)c1OCOCCOC. The van der Waals surface area contributed by atoms with Gasteiger partial charge in [-0.15, -0.1) is 0 Å². The van der Waals surface area contributed by atoms with Crippen molar-refractivity contribution in [3.05, 3.63) is 23.3 Å². The van der Waals surface area contributed by atoms with E-state index in [0.717, 1.165) is 0 Å². The number of carbonyl (C=O) groups is 1. The van der Waals surface area contributed by atoms with E-state index in [0.29, 0.717) is 32.0 Å². The van der Waals surface area contributed by atoms with Crippen LogP contribution in [0.1, 0.15) is 11.1 Å². The Labute approximate surface area is 151 Å². The summed E-state index contributed by atoms with van der Waals surface area (Å²) >= 11 is 0. The van der Waals surface area contributed by atoms with Crippen LogP contribution < -0.4 is 9.47 Å². The number of nitriles is 1. The van der Waals surface area contributed by atoms with Gasteiger partial charge in [0.1, 0.15) is 6.07 Å². The Kier molecular flexibility index (Phi) is 10.8. The monoisotopic (exact) mass is 369 g/mol. The van der Waals surface area contributed by atoms with Crippen molar-refractivity contribution in [3.8, 4) is 17.6 Å². The topological polar surface area (TPSA) is 116 Å². The zero-order chi connectivity index (χ0) is 19.2. The van der Waals surface area contributed by atoms with Crippen LogP contribution in [0.25, 0.3) is 0 Å². The van der Waals surface area contributed by atoms with Gasteiger partial charge in [0.15, 0.2) is 25.1 Å². The molecule has 0 spiro atoms. The van der Waals surface area contributed by atoms with Crippen molar-refractivity contribution in [2.24, 2.45) is 0 Å². The third-order valence-electron chi connectivity index (χ3n) is 3.04. The molecule has 0 unspecified atom stereocenters. The van der Waals surface area contributed by atoms with E-state index in [1.807, 2.05) is 6.07 Å². The fourth-order valence-electron chi connectivity index (χ4n) is 1.88. The molecule has 1 rings (SSSR count). The van der Waals surface area contributed by atoms with Crippen molar-refractivity contribution < 1.29 is 38.3 Å². The second kappa shape index (κ2) is 12.9. The van der Waals surface area contributed by atoms with Crippen LogP contribution in [0.5, 0.6) is 11.5 Å². The van der Waals surface area contributed by atoms with Crippen LogP contribution in [0, 0.1) is 11.3 Å². The lowest BCUT2D eigenvalue weighted by molar-refractivity contribution is -0.136. The van der Waals surface area contributed by atoms with Crippen molar-refractivity contribution in [1.29, 1.82) is 5.26 Å². The van der Waals surface area contributed by atoms with Gasteiger partial charge in [0.25, 0.3) is 0 Å². The molecule has 0 aliphatic rings. The van der Waals surface area contributed by atoms with Gasteiger partial charge in [-0.25, -0.2) is 0 Å². The van der Waals surface area contributed by atoms with Crippen molar-refractivity contribution in [3.63, 3.8) is 0 Å². The van der Waals surface area contributed by atoms with E-state index in [1.165, 1.54) is 12.1 Å². The van der Waals surface area contributed by atoms with Crippen molar-refractivity contribution in [1.82, 2.24) is 0 Å². The molecule has 9 heteroatoms. The summed E-state index contributed by atoms with van der Waals surface area (Å²) in [6.45, 7) is 1.24. The summed E-state index contributed by atoms with van der Waals surface area (Å²) in [5.41, 5.74) is 0.555. The molecule has 9 nitrogen and oxygen atoms in total. The Balaban J connectivity index is 2.86. The lowest BCUT2D eigenvalue weighted by Crippen LogP contribution is -2.12. The molecule has 0 saturated carbocycles.